The molecular formula is C12H11BrF2O. The van der Waals surface area contributed by atoms with Gasteiger partial charge in [-0.3, -0.25) is 4.79 Å². The second-order valence-electron chi connectivity index (χ2n) is 3.69. The van der Waals surface area contributed by atoms with E-state index in [1.165, 1.54) is 12.1 Å². The van der Waals surface area contributed by atoms with Crippen LogP contribution in [0.4, 0.5) is 8.78 Å². The van der Waals surface area contributed by atoms with Gasteiger partial charge in [-0.25, -0.2) is 8.78 Å². The molecule has 0 N–H and O–H groups in total. The van der Waals surface area contributed by atoms with Gasteiger partial charge >= 0.3 is 0 Å². The molecule has 4 heteroatoms. The second-order valence-corrected chi connectivity index (χ2v) is 4.54. The predicted octanol–water partition coefficient (Wildman–Crippen LogP) is 3.81. The lowest BCUT2D eigenvalue weighted by molar-refractivity contribution is -0.114. The first-order valence-corrected chi connectivity index (χ1v) is 5.51. The van der Waals surface area contributed by atoms with Crippen molar-refractivity contribution in [2.45, 2.75) is 20.3 Å². The lowest BCUT2D eigenvalue weighted by atomic mass is 10.1. The summed E-state index contributed by atoms with van der Waals surface area (Å²) in [6.45, 7) is 3.51. The Morgan fingerprint density at radius 2 is 2.00 bits per heavy atom. The van der Waals surface area contributed by atoms with E-state index >= 15 is 0 Å². The smallest absolute Gasteiger partial charge is 0.160 e. The summed E-state index contributed by atoms with van der Waals surface area (Å²) in [6, 6.07) is 2.41. The number of carbonyl (C=O) groups excluding carboxylic acids is 1. The minimum atomic E-state index is -0.712. The standard InChI is InChI=1S/C12H11BrF2O/c1-7(2)5-8(16)6-9-11(14)4-3-10(13)12(9)15/h3-5H,6H2,1-2H3. The van der Waals surface area contributed by atoms with Gasteiger partial charge in [0.05, 0.1) is 4.47 Å². The Morgan fingerprint density at radius 1 is 1.38 bits per heavy atom. The highest BCUT2D eigenvalue weighted by atomic mass is 79.9. The lowest BCUT2D eigenvalue weighted by Crippen LogP contribution is -2.05. The molecular weight excluding hydrogens is 278 g/mol. The average molecular weight is 289 g/mol. The van der Waals surface area contributed by atoms with Crippen molar-refractivity contribution in [3.63, 3.8) is 0 Å². The zero-order valence-corrected chi connectivity index (χ0v) is 10.6. The topological polar surface area (TPSA) is 17.1 Å². The minimum absolute atomic E-state index is 0.161. The Bertz CT molecular complexity index is 449. The third-order valence-electron chi connectivity index (χ3n) is 1.94. The van der Waals surface area contributed by atoms with Gasteiger partial charge < -0.3 is 0 Å². The summed E-state index contributed by atoms with van der Waals surface area (Å²) in [5.74, 6) is -1.72. The number of hydrogen-bond acceptors (Lipinski definition) is 1. The summed E-state index contributed by atoms with van der Waals surface area (Å²) in [5.41, 5.74) is 0.609. The van der Waals surface area contributed by atoms with Gasteiger partial charge in [-0.05, 0) is 48.0 Å². The molecule has 0 aliphatic heterocycles. The number of benzene rings is 1. The first-order chi connectivity index (χ1) is 7.41. The Labute approximate surface area is 101 Å². The number of halogens is 3. The molecule has 1 rings (SSSR count). The fraction of sp³-hybridized carbons (Fsp3) is 0.250. The van der Waals surface area contributed by atoms with Gasteiger partial charge in [0, 0.05) is 12.0 Å². The number of hydrogen-bond donors (Lipinski definition) is 0. The van der Waals surface area contributed by atoms with Crippen molar-refractivity contribution >= 4 is 21.7 Å². The molecule has 0 atom stereocenters. The summed E-state index contributed by atoms with van der Waals surface area (Å²) < 4.78 is 27.0. The van der Waals surface area contributed by atoms with Crippen LogP contribution in [0.3, 0.4) is 0 Å². The molecule has 0 radical (unpaired) electrons. The SMILES string of the molecule is CC(C)=CC(=O)Cc1c(F)ccc(Br)c1F. The Morgan fingerprint density at radius 3 is 2.56 bits per heavy atom. The fourth-order valence-corrected chi connectivity index (χ4v) is 1.65. The fourth-order valence-electron chi connectivity index (χ4n) is 1.28. The highest BCUT2D eigenvalue weighted by Gasteiger charge is 2.14. The molecule has 0 unspecified atom stereocenters. The van der Waals surface area contributed by atoms with Crippen LogP contribution in [0.2, 0.25) is 0 Å². The van der Waals surface area contributed by atoms with Crippen LogP contribution in [0, 0.1) is 11.6 Å². The van der Waals surface area contributed by atoms with E-state index in [1.54, 1.807) is 13.8 Å². The quantitative estimate of drug-likeness (QED) is 0.611. The van der Waals surface area contributed by atoms with Gasteiger partial charge in [0.25, 0.3) is 0 Å². The average Bonchev–Trinajstić information content (AvgIpc) is 2.17. The largest absolute Gasteiger partial charge is 0.294 e. The molecule has 16 heavy (non-hydrogen) atoms. The zero-order chi connectivity index (χ0) is 12.3. The number of ketones is 1. The van der Waals surface area contributed by atoms with Crippen molar-refractivity contribution in [1.29, 1.82) is 0 Å². The Balaban J connectivity index is 3.02. The van der Waals surface area contributed by atoms with E-state index in [1.807, 2.05) is 0 Å². The van der Waals surface area contributed by atoms with Gasteiger partial charge in [0.2, 0.25) is 0 Å². The van der Waals surface area contributed by atoms with Gasteiger partial charge in [0.15, 0.2) is 5.78 Å². The van der Waals surface area contributed by atoms with Crippen LogP contribution in [0.25, 0.3) is 0 Å². The van der Waals surface area contributed by atoms with Crippen LogP contribution < -0.4 is 0 Å². The van der Waals surface area contributed by atoms with E-state index in [4.69, 9.17) is 0 Å². The molecule has 0 saturated carbocycles. The van der Waals surface area contributed by atoms with Crippen LogP contribution >= 0.6 is 15.9 Å². The normalized spacial score (nSPS) is 10.1. The summed E-state index contributed by atoms with van der Waals surface area (Å²) >= 11 is 2.95. The van der Waals surface area contributed by atoms with Crippen molar-refractivity contribution in [1.82, 2.24) is 0 Å². The van der Waals surface area contributed by atoms with Crippen molar-refractivity contribution < 1.29 is 13.6 Å². The minimum Gasteiger partial charge on any atom is -0.294 e. The molecule has 86 valence electrons. The van der Waals surface area contributed by atoms with Crippen molar-refractivity contribution in [2.24, 2.45) is 0 Å². The van der Waals surface area contributed by atoms with Crippen molar-refractivity contribution in [2.75, 3.05) is 0 Å². The maximum atomic E-state index is 13.5. The molecule has 0 aliphatic rings. The molecule has 0 amide bonds. The van der Waals surface area contributed by atoms with Crippen LogP contribution in [0.1, 0.15) is 19.4 Å². The van der Waals surface area contributed by atoms with E-state index in [2.05, 4.69) is 15.9 Å². The van der Waals surface area contributed by atoms with E-state index in [9.17, 15) is 13.6 Å². The number of carbonyl (C=O) groups is 1. The van der Waals surface area contributed by atoms with Crippen molar-refractivity contribution in [3.05, 3.63) is 45.5 Å². The van der Waals surface area contributed by atoms with Crippen LogP contribution in [-0.4, -0.2) is 5.78 Å². The second kappa shape index (κ2) is 5.34. The van der Waals surface area contributed by atoms with Crippen molar-refractivity contribution in [3.8, 4) is 0 Å². The van der Waals surface area contributed by atoms with E-state index < -0.39 is 11.6 Å². The molecule has 0 heterocycles. The third kappa shape index (κ3) is 3.23. The first-order valence-electron chi connectivity index (χ1n) is 4.72. The zero-order valence-electron chi connectivity index (χ0n) is 8.98. The van der Waals surface area contributed by atoms with Crippen LogP contribution in [0.5, 0.6) is 0 Å². The maximum absolute atomic E-state index is 13.5. The highest BCUT2D eigenvalue weighted by molar-refractivity contribution is 9.10. The van der Waals surface area contributed by atoms with Gasteiger partial charge in [-0.15, -0.1) is 0 Å². The van der Waals surface area contributed by atoms with Crippen LogP contribution in [0.15, 0.2) is 28.3 Å². The summed E-state index contributed by atoms with van der Waals surface area (Å²) in [4.78, 5) is 11.4. The van der Waals surface area contributed by atoms with Gasteiger partial charge in [-0.1, -0.05) is 5.57 Å². The Hall–Kier alpha value is -1.03. The third-order valence-corrected chi connectivity index (χ3v) is 2.55. The first kappa shape index (κ1) is 13.0. The molecule has 1 aromatic carbocycles. The van der Waals surface area contributed by atoms with E-state index in [-0.39, 0.29) is 22.2 Å². The predicted molar refractivity (Wildman–Crippen MR) is 62.2 cm³/mol. The highest BCUT2D eigenvalue weighted by Crippen LogP contribution is 2.22. The molecule has 0 bridgehead atoms. The molecule has 0 aliphatic carbocycles. The van der Waals surface area contributed by atoms with E-state index in [0.717, 1.165) is 11.6 Å². The molecule has 0 aromatic heterocycles. The number of allylic oxidation sites excluding steroid dienone is 2. The van der Waals surface area contributed by atoms with Gasteiger partial charge in [-0.2, -0.15) is 0 Å². The monoisotopic (exact) mass is 288 g/mol. The van der Waals surface area contributed by atoms with E-state index in [0.29, 0.717) is 0 Å². The molecule has 0 spiro atoms. The summed E-state index contributed by atoms with van der Waals surface area (Å²) in [6.07, 6.45) is 1.11. The summed E-state index contributed by atoms with van der Waals surface area (Å²) in [5, 5.41) is 0. The summed E-state index contributed by atoms with van der Waals surface area (Å²) in [7, 11) is 0. The molecule has 1 aromatic rings. The molecule has 0 saturated heterocycles. The van der Waals surface area contributed by atoms with Gasteiger partial charge in [0.1, 0.15) is 11.6 Å². The Kier molecular flexibility index (Phi) is 4.35. The molecule has 1 nitrogen and oxygen atoms in total. The molecule has 0 fully saturated rings. The van der Waals surface area contributed by atoms with Crippen LogP contribution in [-0.2, 0) is 11.2 Å². The maximum Gasteiger partial charge on any atom is 0.160 e. The lowest BCUT2D eigenvalue weighted by Gasteiger charge is -2.04. The number of rotatable bonds is 3.